The molecule has 0 aliphatic rings. The molecule has 3 heteroatoms. The summed E-state index contributed by atoms with van der Waals surface area (Å²) in [5.41, 5.74) is 0.798. The van der Waals surface area contributed by atoms with E-state index in [9.17, 15) is 4.79 Å². The minimum absolute atomic E-state index is 0.208. The Balaban J connectivity index is 2.48. The van der Waals surface area contributed by atoms with Crippen molar-refractivity contribution >= 4 is 28.3 Å². The van der Waals surface area contributed by atoms with Crippen molar-refractivity contribution in [3.8, 4) is 0 Å². The summed E-state index contributed by atoms with van der Waals surface area (Å²) in [6, 6.07) is 11.6. The van der Waals surface area contributed by atoms with Crippen LogP contribution in [0.15, 0.2) is 36.4 Å². The number of halogens is 1. The maximum Gasteiger partial charge on any atom is 0.310 e. The van der Waals surface area contributed by atoms with Crippen LogP contribution in [0.25, 0.3) is 10.8 Å². The number of fused-ring (bicyclic) bond motifs is 1. The van der Waals surface area contributed by atoms with Crippen LogP contribution in [-0.2, 0) is 16.0 Å². The van der Waals surface area contributed by atoms with Crippen molar-refractivity contribution < 1.29 is 9.53 Å². The Hall–Kier alpha value is -1.54. The summed E-state index contributed by atoms with van der Waals surface area (Å²) >= 11 is 6.23. The molecule has 2 aromatic rings. The van der Waals surface area contributed by atoms with Crippen LogP contribution in [0.2, 0.25) is 5.02 Å². The van der Waals surface area contributed by atoms with Crippen LogP contribution in [-0.4, -0.2) is 13.1 Å². The molecule has 0 aliphatic heterocycles. The van der Waals surface area contributed by atoms with Gasteiger partial charge in [0.15, 0.2) is 0 Å². The van der Waals surface area contributed by atoms with Gasteiger partial charge in [-0.1, -0.05) is 48.0 Å². The van der Waals surface area contributed by atoms with Crippen molar-refractivity contribution in [2.75, 3.05) is 7.11 Å². The molecule has 2 aromatic carbocycles. The van der Waals surface area contributed by atoms with Crippen LogP contribution < -0.4 is 0 Å². The lowest BCUT2D eigenvalue weighted by Gasteiger charge is -2.06. The van der Waals surface area contributed by atoms with E-state index in [0.29, 0.717) is 5.02 Å². The number of hydrogen-bond donors (Lipinski definition) is 0. The summed E-state index contributed by atoms with van der Waals surface area (Å²) in [7, 11) is 1.37. The second kappa shape index (κ2) is 4.54. The highest BCUT2D eigenvalue weighted by atomic mass is 35.5. The zero-order valence-corrected chi connectivity index (χ0v) is 9.62. The van der Waals surface area contributed by atoms with Crippen molar-refractivity contribution in [3.05, 3.63) is 47.0 Å². The predicted octanol–water partition coefficient (Wildman–Crippen LogP) is 3.21. The summed E-state index contributed by atoms with van der Waals surface area (Å²) < 4.78 is 4.62. The Bertz CT molecular complexity index is 534. The Morgan fingerprint density at radius 3 is 2.75 bits per heavy atom. The molecular weight excluding hydrogens is 224 g/mol. The molecule has 0 bridgehead atoms. The van der Waals surface area contributed by atoms with Crippen molar-refractivity contribution in [1.29, 1.82) is 0 Å². The number of ether oxygens (including phenoxy) is 1. The number of methoxy groups -OCH3 is 1. The summed E-state index contributed by atoms with van der Waals surface area (Å²) in [4.78, 5) is 11.2. The molecule has 2 rings (SSSR count). The molecule has 0 aliphatic carbocycles. The first-order valence-electron chi connectivity index (χ1n) is 4.95. The molecule has 0 heterocycles. The monoisotopic (exact) mass is 234 g/mol. The zero-order valence-electron chi connectivity index (χ0n) is 8.87. The quantitative estimate of drug-likeness (QED) is 0.746. The van der Waals surface area contributed by atoms with Gasteiger partial charge in [0.1, 0.15) is 0 Å². The zero-order chi connectivity index (χ0) is 11.5. The fraction of sp³-hybridized carbons (Fsp3) is 0.154. The van der Waals surface area contributed by atoms with E-state index in [1.807, 2.05) is 36.4 Å². The molecule has 2 nitrogen and oxygen atoms in total. The lowest BCUT2D eigenvalue weighted by molar-refractivity contribution is -0.139. The molecule has 16 heavy (non-hydrogen) atoms. The first-order valence-corrected chi connectivity index (χ1v) is 5.33. The molecule has 0 atom stereocenters. The average molecular weight is 235 g/mol. The molecule has 82 valence electrons. The Kier molecular flexibility index (Phi) is 3.11. The number of rotatable bonds is 2. The maximum absolute atomic E-state index is 11.2. The second-order valence-corrected chi connectivity index (χ2v) is 3.89. The van der Waals surface area contributed by atoms with E-state index in [1.165, 1.54) is 7.11 Å². The van der Waals surface area contributed by atoms with Gasteiger partial charge in [-0.2, -0.15) is 0 Å². The summed E-state index contributed by atoms with van der Waals surface area (Å²) in [6.45, 7) is 0. The van der Waals surface area contributed by atoms with E-state index in [1.54, 1.807) is 0 Å². The fourth-order valence-corrected chi connectivity index (χ4v) is 1.94. The van der Waals surface area contributed by atoms with Gasteiger partial charge in [0.25, 0.3) is 0 Å². The Morgan fingerprint density at radius 2 is 2.00 bits per heavy atom. The minimum atomic E-state index is -0.280. The van der Waals surface area contributed by atoms with Gasteiger partial charge in [0.2, 0.25) is 0 Å². The summed E-state index contributed by atoms with van der Waals surface area (Å²) in [5, 5.41) is 2.66. The fourth-order valence-electron chi connectivity index (χ4n) is 1.64. The van der Waals surface area contributed by atoms with Crippen LogP contribution in [0, 0.1) is 0 Å². The number of esters is 1. The lowest BCUT2D eigenvalue weighted by atomic mass is 10.1. The molecule has 0 amide bonds. The number of benzene rings is 2. The molecule has 0 N–H and O–H groups in total. The normalized spacial score (nSPS) is 10.4. The summed E-state index contributed by atoms with van der Waals surface area (Å²) in [5.74, 6) is -0.280. The second-order valence-electron chi connectivity index (χ2n) is 3.51. The largest absolute Gasteiger partial charge is 0.469 e. The average Bonchev–Trinajstić information content (AvgIpc) is 2.33. The third-order valence-electron chi connectivity index (χ3n) is 2.51. The molecule has 0 unspecified atom stereocenters. The van der Waals surface area contributed by atoms with Crippen LogP contribution in [0.1, 0.15) is 5.56 Å². The van der Waals surface area contributed by atoms with Crippen molar-refractivity contribution in [1.82, 2.24) is 0 Å². The molecular formula is C13H11ClO2. The van der Waals surface area contributed by atoms with Gasteiger partial charge >= 0.3 is 5.97 Å². The van der Waals surface area contributed by atoms with E-state index in [4.69, 9.17) is 11.6 Å². The van der Waals surface area contributed by atoms with Gasteiger partial charge in [-0.25, -0.2) is 0 Å². The van der Waals surface area contributed by atoms with Crippen LogP contribution >= 0.6 is 11.6 Å². The van der Waals surface area contributed by atoms with E-state index in [2.05, 4.69) is 4.74 Å². The molecule has 0 aromatic heterocycles. The smallest absolute Gasteiger partial charge is 0.310 e. The van der Waals surface area contributed by atoms with Gasteiger partial charge in [0, 0.05) is 5.39 Å². The number of hydrogen-bond acceptors (Lipinski definition) is 2. The van der Waals surface area contributed by atoms with E-state index < -0.39 is 0 Å². The first-order chi connectivity index (χ1) is 7.72. The maximum atomic E-state index is 11.2. The number of carbonyl (C=O) groups excluding carboxylic acids is 1. The van der Waals surface area contributed by atoms with Gasteiger partial charge in [0.05, 0.1) is 18.6 Å². The highest BCUT2D eigenvalue weighted by Gasteiger charge is 2.09. The molecule has 0 fully saturated rings. The van der Waals surface area contributed by atoms with Crippen LogP contribution in [0.5, 0.6) is 0 Å². The van der Waals surface area contributed by atoms with Crippen LogP contribution in [0.4, 0.5) is 0 Å². The highest BCUT2D eigenvalue weighted by molar-refractivity contribution is 6.36. The SMILES string of the molecule is COC(=O)Cc1ccc2ccccc2c1Cl. The predicted molar refractivity (Wildman–Crippen MR) is 64.7 cm³/mol. The van der Waals surface area contributed by atoms with Crippen molar-refractivity contribution in [2.24, 2.45) is 0 Å². The third-order valence-corrected chi connectivity index (χ3v) is 2.95. The summed E-state index contributed by atoms with van der Waals surface area (Å²) in [6.07, 6.45) is 0.208. The van der Waals surface area contributed by atoms with Gasteiger partial charge in [-0.3, -0.25) is 4.79 Å². The first kappa shape index (κ1) is 11.0. The third kappa shape index (κ3) is 2.02. The Labute approximate surface area is 98.8 Å². The van der Waals surface area contributed by atoms with Crippen molar-refractivity contribution in [2.45, 2.75) is 6.42 Å². The van der Waals surface area contributed by atoms with Gasteiger partial charge in [-0.15, -0.1) is 0 Å². The Morgan fingerprint density at radius 1 is 1.25 bits per heavy atom. The number of carbonyl (C=O) groups is 1. The van der Waals surface area contributed by atoms with Gasteiger partial charge in [-0.05, 0) is 10.9 Å². The van der Waals surface area contributed by atoms with E-state index in [-0.39, 0.29) is 12.4 Å². The standard InChI is InChI=1S/C13H11ClO2/c1-16-12(15)8-10-7-6-9-4-2-3-5-11(9)13(10)14/h2-7H,8H2,1H3. The molecule has 0 saturated carbocycles. The van der Waals surface area contributed by atoms with E-state index >= 15 is 0 Å². The van der Waals surface area contributed by atoms with E-state index in [0.717, 1.165) is 16.3 Å². The molecule has 0 saturated heterocycles. The van der Waals surface area contributed by atoms with Gasteiger partial charge < -0.3 is 4.74 Å². The minimum Gasteiger partial charge on any atom is -0.469 e. The van der Waals surface area contributed by atoms with Crippen LogP contribution in [0.3, 0.4) is 0 Å². The van der Waals surface area contributed by atoms with Crippen molar-refractivity contribution in [3.63, 3.8) is 0 Å². The lowest BCUT2D eigenvalue weighted by Crippen LogP contribution is -2.04. The molecule has 0 radical (unpaired) electrons. The molecule has 0 spiro atoms. The highest BCUT2D eigenvalue weighted by Crippen LogP contribution is 2.27. The topological polar surface area (TPSA) is 26.3 Å².